The molecule has 0 atom stereocenters. The van der Waals surface area contributed by atoms with Crippen molar-refractivity contribution >= 4 is 5.78 Å². The molecule has 0 saturated carbocycles. The molecule has 0 aromatic rings. The lowest BCUT2D eigenvalue weighted by Gasteiger charge is -2.33. The fraction of sp³-hybridized carbons (Fsp3) is 0.964. The molecule has 0 aromatic carbocycles. The number of carbonyl (C=O) groups is 1. The van der Waals surface area contributed by atoms with Crippen LogP contribution in [0.1, 0.15) is 136 Å². The zero-order valence-electron chi connectivity index (χ0n) is 21.5. The van der Waals surface area contributed by atoms with Gasteiger partial charge in [0.15, 0.2) is 0 Å². The summed E-state index contributed by atoms with van der Waals surface area (Å²) in [4.78, 5) is 17.1. The molecule has 31 heavy (non-hydrogen) atoms. The Hall–Kier alpha value is -0.410. The molecular weight excluding hydrogens is 380 g/mol. The molecule has 0 spiro atoms. The average Bonchev–Trinajstić information content (AvgIpc) is 2.80. The van der Waals surface area contributed by atoms with Gasteiger partial charge in [-0.1, -0.05) is 117 Å². The maximum absolute atomic E-state index is 12.1. The Balaban J connectivity index is 1.74. The van der Waals surface area contributed by atoms with Crippen LogP contribution in [0.25, 0.3) is 0 Å². The molecule has 184 valence electrons. The molecule has 0 aromatic heterocycles. The van der Waals surface area contributed by atoms with Crippen LogP contribution in [0, 0.1) is 0 Å². The zero-order valence-corrected chi connectivity index (χ0v) is 21.5. The predicted octanol–water partition coefficient (Wildman–Crippen LogP) is 7.62. The number of unbranched alkanes of at least 4 members (excludes halogenated alkanes) is 16. The van der Waals surface area contributed by atoms with Crippen LogP contribution in [0.5, 0.6) is 0 Å². The van der Waals surface area contributed by atoms with Crippen molar-refractivity contribution in [1.82, 2.24) is 9.80 Å². The van der Waals surface area contributed by atoms with Gasteiger partial charge in [-0.25, -0.2) is 0 Å². The van der Waals surface area contributed by atoms with Gasteiger partial charge < -0.3 is 9.80 Å². The van der Waals surface area contributed by atoms with Crippen LogP contribution >= 0.6 is 0 Å². The Labute approximate surface area is 195 Å². The molecule has 0 bridgehead atoms. The molecule has 0 amide bonds. The Morgan fingerprint density at radius 1 is 0.516 bits per heavy atom. The first-order chi connectivity index (χ1) is 15.3. The smallest absolute Gasteiger partial charge is 0.134 e. The molecule has 1 aliphatic rings. The molecule has 3 heteroatoms. The van der Waals surface area contributed by atoms with Gasteiger partial charge in [0.1, 0.15) is 5.78 Å². The molecule has 1 saturated heterocycles. The van der Waals surface area contributed by atoms with E-state index in [4.69, 9.17) is 0 Å². The maximum atomic E-state index is 12.1. The van der Waals surface area contributed by atoms with Gasteiger partial charge in [-0.05, 0) is 13.0 Å². The van der Waals surface area contributed by atoms with Gasteiger partial charge in [0.05, 0.1) is 0 Å². The highest BCUT2D eigenvalue weighted by Crippen LogP contribution is 2.14. The number of Topliss-reactive ketones (excluding diaryl/α,β-unsaturated/α-hetero) is 1. The summed E-state index contributed by atoms with van der Waals surface area (Å²) in [6.45, 7) is 11.3. The molecule has 1 fully saturated rings. The summed E-state index contributed by atoms with van der Waals surface area (Å²) < 4.78 is 0. The minimum absolute atomic E-state index is 0.485. The van der Waals surface area contributed by atoms with Crippen LogP contribution in [0.3, 0.4) is 0 Å². The molecule has 1 rings (SSSR count). The predicted molar refractivity (Wildman–Crippen MR) is 137 cm³/mol. The summed E-state index contributed by atoms with van der Waals surface area (Å²) in [6.07, 6.45) is 25.3. The van der Waals surface area contributed by atoms with E-state index in [-0.39, 0.29) is 0 Å². The lowest BCUT2D eigenvalue weighted by molar-refractivity contribution is -0.119. The van der Waals surface area contributed by atoms with E-state index < -0.39 is 0 Å². The van der Waals surface area contributed by atoms with E-state index in [1.165, 1.54) is 116 Å². The van der Waals surface area contributed by atoms with Gasteiger partial charge >= 0.3 is 0 Å². The van der Waals surface area contributed by atoms with Crippen molar-refractivity contribution in [3.63, 3.8) is 0 Å². The van der Waals surface area contributed by atoms with E-state index in [1.54, 1.807) is 0 Å². The highest BCUT2D eigenvalue weighted by Gasteiger charge is 2.15. The minimum Gasteiger partial charge on any atom is -0.301 e. The van der Waals surface area contributed by atoms with Gasteiger partial charge in [-0.3, -0.25) is 4.79 Å². The topological polar surface area (TPSA) is 23.6 Å². The SMILES string of the molecule is CCCCCCCCCCCCCCCCCCCC(=O)CCN1CCN(CC)CC1. The fourth-order valence-corrected chi connectivity index (χ4v) is 4.78. The van der Waals surface area contributed by atoms with E-state index >= 15 is 0 Å². The van der Waals surface area contributed by atoms with E-state index in [0.29, 0.717) is 5.78 Å². The molecular formula is C28H56N2O. The molecule has 0 N–H and O–H groups in total. The lowest BCUT2D eigenvalue weighted by atomic mass is 10.0. The number of ketones is 1. The van der Waals surface area contributed by atoms with E-state index in [2.05, 4.69) is 23.6 Å². The lowest BCUT2D eigenvalue weighted by Crippen LogP contribution is -2.46. The number of hydrogen-bond donors (Lipinski definition) is 0. The van der Waals surface area contributed by atoms with Crippen LogP contribution in [-0.4, -0.2) is 54.9 Å². The first kappa shape index (κ1) is 28.6. The van der Waals surface area contributed by atoms with Crippen molar-refractivity contribution in [3.8, 4) is 0 Å². The second-order valence-electron chi connectivity index (χ2n) is 9.97. The van der Waals surface area contributed by atoms with Gasteiger partial charge in [0.2, 0.25) is 0 Å². The number of hydrogen-bond acceptors (Lipinski definition) is 3. The minimum atomic E-state index is 0.485. The van der Waals surface area contributed by atoms with Crippen LogP contribution in [0.2, 0.25) is 0 Å². The third-order valence-corrected chi connectivity index (χ3v) is 7.18. The summed E-state index contributed by atoms with van der Waals surface area (Å²) in [5.41, 5.74) is 0. The zero-order chi connectivity index (χ0) is 22.4. The second kappa shape index (κ2) is 21.4. The second-order valence-corrected chi connectivity index (χ2v) is 9.97. The number of nitrogens with zero attached hydrogens (tertiary/aromatic N) is 2. The standard InChI is InChI=1S/C28H56N2O/c1-3-5-6-7-8-9-10-11-12-13-14-15-16-17-18-19-20-21-28(31)22-23-30-26-24-29(4-2)25-27-30/h3-27H2,1-2H3. The Kier molecular flexibility index (Phi) is 19.8. The molecule has 1 aliphatic heterocycles. The molecule has 0 unspecified atom stereocenters. The summed E-state index contributed by atoms with van der Waals surface area (Å²) in [5, 5.41) is 0. The van der Waals surface area contributed by atoms with Crippen molar-refractivity contribution in [2.75, 3.05) is 39.3 Å². The third kappa shape index (κ3) is 17.8. The molecule has 3 nitrogen and oxygen atoms in total. The summed E-state index contributed by atoms with van der Waals surface area (Å²) in [5.74, 6) is 0.485. The van der Waals surface area contributed by atoms with Gasteiger partial charge in [-0.15, -0.1) is 0 Å². The highest BCUT2D eigenvalue weighted by atomic mass is 16.1. The van der Waals surface area contributed by atoms with Crippen molar-refractivity contribution in [2.24, 2.45) is 0 Å². The van der Waals surface area contributed by atoms with Gasteiger partial charge in [0, 0.05) is 45.6 Å². The Morgan fingerprint density at radius 2 is 0.903 bits per heavy atom. The third-order valence-electron chi connectivity index (χ3n) is 7.18. The summed E-state index contributed by atoms with van der Waals surface area (Å²) >= 11 is 0. The van der Waals surface area contributed by atoms with Crippen molar-refractivity contribution in [3.05, 3.63) is 0 Å². The highest BCUT2D eigenvalue weighted by molar-refractivity contribution is 5.78. The first-order valence-electron chi connectivity index (χ1n) is 14.2. The Bertz CT molecular complexity index is 390. The normalized spacial score (nSPS) is 15.5. The van der Waals surface area contributed by atoms with Gasteiger partial charge in [0.25, 0.3) is 0 Å². The average molecular weight is 437 g/mol. The van der Waals surface area contributed by atoms with E-state index in [0.717, 1.165) is 45.4 Å². The van der Waals surface area contributed by atoms with E-state index in [1.807, 2.05) is 0 Å². The quantitative estimate of drug-likeness (QED) is 0.163. The molecule has 1 heterocycles. The van der Waals surface area contributed by atoms with Crippen LogP contribution < -0.4 is 0 Å². The van der Waals surface area contributed by atoms with Crippen molar-refractivity contribution in [1.29, 1.82) is 0 Å². The number of carbonyl (C=O) groups excluding carboxylic acids is 1. The largest absolute Gasteiger partial charge is 0.301 e. The molecule has 0 radical (unpaired) electrons. The van der Waals surface area contributed by atoms with Crippen molar-refractivity contribution < 1.29 is 4.79 Å². The molecule has 0 aliphatic carbocycles. The Morgan fingerprint density at radius 3 is 1.32 bits per heavy atom. The van der Waals surface area contributed by atoms with Crippen LogP contribution in [0.15, 0.2) is 0 Å². The van der Waals surface area contributed by atoms with Crippen LogP contribution in [0.4, 0.5) is 0 Å². The number of rotatable bonds is 22. The van der Waals surface area contributed by atoms with E-state index in [9.17, 15) is 4.79 Å². The monoisotopic (exact) mass is 436 g/mol. The number of piperazine rings is 1. The summed E-state index contributed by atoms with van der Waals surface area (Å²) in [6, 6.07) is 0. The van der Waals surface area contributed by atoms with Crippen LogP contribution in [-0.2, 0) is 4.79 Å². The number of likely N-dealkylation sites (N-methyl/N-ethyl adjacent to an activating group) is 1. The fourth-order valence-electron chi connectivity index (χ4n) is 4.78. The van der Waals surface area contributed by atoms with Crippen molar-refractivity contribution in [2.45, 2.75) is 136 Å². The summed E-state index contributed by atoms with van der Waals surface area (Å²) in [7, 11) is 0. The maximum Gasteiger partial charge on any atom is 0.134 e. The van der Waals surface area contributed by atoms with Gasteiger partial charge in [-0.2, -0.15) is 0 Å². The first-order valence-corrected chi connectivity index (χ1v) is 14.2.